The molecular weight excluding hydrogens is 364 g/mol. The zero-order valence-electron chi connectivity index (χ0n) is 17.1. The number of imidazole rings is 1. The van der Waals surface area contributed by atoms with Gasteiger partial charge in [0, 0.05) is 45.3 Å². The first kappa shape index (κ1) is 19.4. The normalized spacial score (nSPS) is 15.0. The highest BCUT2D eigenvalue weighted by Gasteiger charge is 2.16. The molecule has 1 amide bonds. The lowest BCUT2D eigenvalue weighted by atomic mass is 10.2. The molecule has 0 saturated carbocycles. The van der Waals surface area contributed by atoms with Crippen LogP contribution in [0.1, 0.15) is 18.3 Å². The molecular formula is C22H28N6O. The number of carbonyl (C=O) groups excluding carboxylic acids is 1. The van der Waals surface area contributed by atoms with Crippen LogP contribution in [0.3, 0.4) is 0 Å². The largest absolute Gasteiger partial charge is 0.354 e. The number of piperazine rings is 1. The van der Waals surface area contributed by atoms with Gasteiger partial charge in [-0.3, -0.25) is 4.79 Å². The zero-order chi connectivity index (χ0) is 20.2. The molecule has 1 N–H and O–H groups in total. The number of rotatable bonds is 6. The molecule has 1 aromatic carbocycles. The minimum atomic E-state index is -0.0131. The Bertz CT molecular complexity index is 990. The number of para-hydroxylation sites is 2. The van der Waals surface area contributed by atoms with Gasteiger partial charge in [0.25, 0.3) is 0 Å². The van der Waals surface area contributed by atoms with Crippen LogP contribution in [0.5, 0.6) is 0 Å². The molecule has 3 aromatic rings. The van der Waals surface area contributed by atoms with Crippen LogP contribution in [-0.4, -0.2) is 58.6 Å². The summed E-state index contributed by atoms with van der Waals surface area (Å²) in [5, 5.41) is 3.05. The fourth-order valence-electron chi connectivity index (χ4n) is 3.75. The van der Waals surface area contributed by atoms with E-state index in [2.05, 4.69) is 45.1 Å². The van der Waals surface area contributed by atoms with E-state index in [9.17, 15) is 4.79 Å². The summed E-state index contributed by atoms with van der Waals surface area (Å²) in [7, 11) is 2.14. The molecule has 0 aliphatic carbocycles. The van der Waals surface area contributed by atoms with E-state index in [4.69, 9.17) is 0 Å². The van der Waals surface area contributed by atoms with Gasteiger partial charge in [-0.1, -0.05) is 19.1 Å². The standard InChI is InChI=1S/C22H28N6O/c1-3-20-25-18-6-4-5-7-19(18)28(20)16-22(29)24-15-17-8-9-23-21(14-17)27-12-10-26(2)11-13-27/h4-9,14H,3,10-13,15-16H2,1-2H3,(H,24,29). The van der Waals surface area contributed by atoms with Gasteiger partial charge < -0.3 is 19.7 Å². The van der Waals surface area contributed by atoms with Crippen LogP contribution in [0.15, 0.2) is 42.6 Å². The van der Waals surface area contributed by atoms with Gasteiger partial charge in [0.1, 0.15) is 18.2 Å². The van der Waals surface area contributed by atoms with Crippen LogP contribution in [0.25, 0.3) is 11.0 Å². The Morgan fingerprint density at radius 1 is 1.14 bits per heavy atom. The summed E-state index contributed by atoms with van der Waals surface area (Å²) in [6.07, 6.45) is 2.62. The van der Waals surface area contributed by atoms with Crippen molar-refractivity contribution in [2.75, 3.05) is 38.1 Å². The minimum Gasteiger partial charge on any atom is -0.354 e. The van der Waals surface area contributed by atoms with E-state index < -0.39 is 0 Å². The number of carbonyl (C=O) groups is 1. The first-order valence-electron chi connectivity index (χ1n) is 10.2. The minimum absolute atomic E-state index is 0.0131. The van der Waals surface area contributed by atoms with Gasteiger partial charge in [-0.25, -0.2) is 9.97 Å². The number of benzene rings is 1. The van der Waals surface area contributed by atoms with Crippen LogP contribution in [0, 0.1) is 0 Å². The topological polar surface area (TPSA) is 66.3 Å². The van der Waals surface area contributed by atoms with Crippen LogP contribution >= 0.6 is 0 Å². The number of pyridine rings is 1. The molecule has 29 heavy (non-hydrogen) atoms. The van der Waals surface area contributed by atoms with Crippen molar-refractivity contribution in [1.82, 2.24) is 24.8 Å². The summed E-state index contributed by atoms with van der Waals surface area (Å²) < 4.78 is 2.01. The van der Waals surface area contributed by atoms with Crippen molar-refractivity contribution in [2.24, 2.45) is 0 Å². The third-order valence-corrected chi connectivity index (χ3v) is 5.48. The summed E-state index contributed by atoms with van der Waals surface area (Å²) in [6.45, 7) is 6.88. The number of likely N-dealkylation sites (N-methyl/N-ethyl adjacent to an activating group) is 1. The fourth-order valence-corrected chi connectivity index (χ4v) is 3.75. The van der Waals surface area contributed by atoms with E-state index in [0.29, 0.717) is 6.54 Å². The van der Waals surface area contributed by atoms with Crippen molar-refractivity contribution >= 4 is 22.8 Å². The lowest BCUT2D eigenvalue weighted by molar-refractivity contribution is -0.121. The summed E-state index contributed by atoms with van der Waals surface area (Å²) in [4.78, 5) is 26.4. The van der Waals surface area contributed by atoms with E-state index in [1.807, 2.05) is 41.1 Å². The zero-order valence-corrected chi connectivity index (χ0v) is 17.1. The monoisotopic (exact) mass is 392 g/mol. The molecule has 0 bridgehead atoms. The first-order valence-corrected chi connectivity index (χ1v) is 10.2. The van der Waals surface area contributed by atoms with Crippen molar-refractivity contribution in [3.8, 4) is 0 Å². The molecule has 1 saturated heterocycles. The molecule has 1 aliphatic heterocycles. The van der Waals surface area contributed by atoms with Crippen LogP contribution in [-0.2, 0) is 24.3 Å². The molecule has 0 radical (unpaired) electrons. The SMILES string of the molecule is CCc1nc2ccccc2n1CC(=O)NCc1ccnc(N2CCN(C)CC2)c1. The van der Waals surface area contributed by atoms with E-state index in [-0.39, 0.29) is 12.5 Å². The Morgan fingerprint density at radius 3 is 2.72 bits per heavy atom. The second-order valence-electron chi connectivity index (χ2n) is 7.55. The Hall–Kier alpha value is -2.93. The lowest BCUT2D eigenvalue weighted by Crippen LogP contribution is -2.44. The lowest BCUT2D eigenvalue weighted by Gasteiger charge is -2.33. The number of anilines is 1. The highest BCUT2D eigenvalue weighted by Crippen LogP contribution is 2.17. The number of nitrogens with zero attached hydrogens (tertiary/aromatic N) is 5. The molecule has 3 heterocycles. The summed E-state index contributed by atoms with van der Waals surface area (Å²) in [5.74, 6) is 1.90. The van der Waals surface area contributed by atoms with E-state index in [0.717, 1.165) is 60.8 Å². The van der Waals surface area contributed by atoms with E-state index >= 15 is 0 Å². The van der Waals surface area contributed by atoms with Crippen molar-refractivity contribution in [3.05, 3.63) is 54.0 Å². The number of aromatic nitrogens is 3. The van der Waals surface area contributed by atoms with E-state index in [1.165, 1.54) is 0 Å². The first-order chi connectivity index (χ1) is 14.1. The van der Waals surface area contributed by atoms with Gasteiger partial charge in [0.15, 0.2) is 0 Å². The summed E-state index contributed by atoms with van der Waals surface area (Å²) >= 11 is 0. The van der Waals surface area contributed by atoms with Crippen LogP contribution in [0.2, 0.25) is 0 Å². The highest BCUT2D eigenvalue weighted by molar-refractivity contribution is 5.81. The predicted octanol–water partition coefficient (Wildman–Crippen LogP) is 2.06. The number of amides is 1. The van der Waals surface area contributed by atoms with Crippen molar-refractivity contribution in [2.45, 2.75) is 26.4 Å². The average molecular weight is 393 g/mol. The quantitative estimate of drug-likeness (QED) is 0.696. The third-order valence-electron chi connectivity index (χ3n) is 5.48. The van der Waals surface area contributed by atoms with Gasteiger partial charge in [0.2, 0.25) is 5.91 Å². The van der Waals surface area contributed by atoms with Gasteiger partial charge in [-0.2, -0.15) is 0 Å². The van der Waals surface area contributed by atoms with Gasteiger partial charge in [-0.15, -0.1) is 0 Å². The predicted molar refractivity (Wildman–Crippen MR) is 115 cm³/mol. The maximum Gasteiger partial charge on any atom is 0.240 e. The number of hydrogen-bond acceptors (Lipinski definition) is 5. The second kappa shape index (κ2) is 8.61. The molecule has 2 aromatic heterocycles. The maximum atomic E-state index is 12.6. The van der Waals surface area contributed by atoms with E-state index in [1.54, 1.807) is 0 Å². The molecule has 0 spiro atoms. The van der Waals surface area contributed by atoms with Gasteiger partial charge in [0.05, 0.1) is 11.0 Å². The number of hydrogen-bond donors (Lipinski definition) is 1. The molecule has 152 valence electrons. The van der Waals surface area contributed by atoms with Crippen molar-refractivity contribution < 1.29 is 4.79 Å². The molecule has 7 heteroatoms. The van der Waals surface area contributed by atoms with Crippen molar-refractivity contribution in [1.29, 1.82) is 0 Å². The number of nitrogens with one attached hydrogen (secondary N) is 1. The molecule has 0 atom stereocenters. The molecule has 1 aliphatic rings. The number of fused-ring (bicyclic) bond motifs is 1. The molecule has 1 fully saturated rings. The summed E-state index contributed by atoms with van der Waals surface area (Å²) in [5.41, 5.74) is 3.00. The maximum absolute atomic E-state index is 12.6. The van der Waals surface area contributed by atoms with Gasteiger partial charge >= 0.3 is 0 Å². The Kier molecular flexibility index (Phi) is 5.76. The molecule has 0 unspecified atom stereocenters. The Balaban J connectivity index is 1.40. The Labute approximate surface area is 171 Å². The fraction of sp³-hybridized carbons (Fsp3) is 0.409. The molecule has 7 nitrogen and oxygen atoms in total. The van der Waals surface area contributed by atoms with Crippen molar-refractivity contribution in [3.63, 3.8) is 0 Å². The van der Waals surface area contributed by atoms with Crippen LogP contribution in [0.4, 0.5) is 5.82 Å². The molecule has 4 rings (SSSR count). The number of aryl methyl sites for hydroxylation is 1. The summed E-state index contributed by atoms with van der Waals surface area (Å²) in [6, 6.07) is 12.0. The Morgan fingerprint density at radius 2 is 1.93 bits per heavy atom. The highest BCUT2D eigenvalue weighted by atomic mass is 16.1. The smallest absolute Gasteiger partial charge is 0.240 e. The van der Waals surface area contributed by atoms with Crippen LogP contribution < -0.4 is 10.2 Å². The third kappa shape index (κ3) is 4.40. The average Bonchev–Trinajstić information content (AvgIpc) is 3.10. The van der Waals surface area contributed by atoms with Gasteiger partial charge in [-0.05, 0) is 36.9 Å². The second-order valence-corrected chi connectivity index (χ2v) is 7.55.